The molecule has 0 saturated heterocycles. The number of carbonyl (C=O) groups excluding carboxylic acids is 1. The van der Waals surface area contributed by atoms with Gasteiger partial charge in [-0.1, -0.05) is 34.5 Å². The number of hydrogen-bond donors (Lipinski definition) is 0. The third kappa shape index (κ3) is 4.71. The molecular weight excluding hydrogens is 474 g/mol. The topological polar surface area (TPSA) is 82.8 Å². The lowest BCUT2D eigenvalue weighted by atomic mass is 10.2. The third-order valence-electron chi connectivity index (χ3n) is 4.31. The second kappa shape index (κ2) is 9.40. The zero-order chi connectivity index (χ0) is 21.8. The van der Waals surface area contributed by atoms with Crippen molar-refractivity contribution in [1.82, 2.24) is 9.66 Å². The van der Waals surface area contributed by atoms with E-state index in [0.717, 1.165) is 4.47 Å². The van der Waals surface area contributed by atoms with Gasteiger partial charge in [0.15, 0.2) is 6.10 Å². The van der Waals surface area contributed by atoms with Crippen molar-refractivity contribution in [3.63, 3.8) is 0 Å². The van der Waals surface area contributed by atoms with Gasteiger partial charge in [0.25, 0.3) is 5.56 Å². The van der Waals surface area contributed by atoms with Crippen molar-refractivity contribution in [2.24, 2.45) is 5.10 Å². The van der Waals surface area contributed by atoms with E-state index in [1.807, 2.05) is 13.0 Å². The minimum atomic E-state index is -0.791. The quantitative estimate of drug-likeness (QED) is 0.380. The van der Waals surface area contributed by atoms with Crippen molar-refractivity contribution in [1.29, 1.82) is 0 Å². The molecule has 7 nitrogen and oxygen atoms in total. The van der Waals surface area contributed by atoms with Crippen LogP contribution in [-0.2, 0) is 16.0 Å². The summed E-state index contributed by atoms with van der Waals surface area (Å²) in [4.78, 5) is 29.0. The van der Waals surface area contributed by atoms with Crippen molar-refractivity contribution < 1.29 is 14.3 Å². The molecule has 0 fully saturated rings. The molecule has 1 heterocycles. The molecule has 0 aliphatic heterocycles. The predicted molar refractivity (Wildman–Crippen MR) is 120 cm³/mol. The second-order valence-electron chi connectivity index (χ2n) is 6.38. The largest absolute Gasteiger partial charge is 0.477 e. The van der Waals surface area contributed by atoms with Crippen molar-refractivity contribution in [2.45, 2.75) is 26.4 Å². The third-order valence-corrected chi connectivity index (χ3v) is 5.10. The lowest BCUT2D eigenvalue weighted by molar-refractivity contribution is -0.147. The van der Waals surface area contributed by atoms with E-state index in [1.165, 1.54) is 18.0 Å². The maximum atomic E-state index is 12.9. The molecule has 1 aromatic heterocycles. The van der Waals surface area contributed by atoms with Gasteiger partial charge in [-0.3, -0.25) is 4.79 Å². The average molecular weight is 493 g/mol. The van der Waals surface area contributed by atoms with Crippen LogP contribution in [0.1, 0.15) is 25.2 Å². The van der Waals surface area contributed by atoms with Gasteiger partial charge in [-0.25, -0.2) is 9.78 Å². The Balaban J connectivity index is 1.93. The fourth-order valence-electron chi connectivity index (χ4n) is 2.76. The highest BCUT2D eigenvalue weighted by Crippen LogP contribution is 2.26. The summed E-state index contributed by atoms with van der Waals surface area (Å²) in [7, 11) is 1.29. The molecule has 0 aliphatic rings. The first-order valence-electron chi connectivity index (χ1n) is 9.13. The lowest BCUT2D eigenvalue weighted by Crippen LogP contribution is -2.25. The van der Waals surface area contributed by atoms with Gasteiger partial charge in [-0.2, -0.15) is 9.78 Å². The zero-order valence-electron chi connectivity index (χ0n) is 16.6. The Kier molecular flexibility index (Phi) is 6.89. The molecule has 0 saturated carbocycles. The highest BCUT2D eigenvalue weighted by atomic mass is 79.9. The first kappa shape index (κ1) is 22.0. The summed E-state index contributed by atoms with van der Waals surface area (Å²) in [6, 6.07) is 10.3. The van der Waals surface area contributed by atoms with Crippen LogP contribution in [0.2, 0.25) is 5.02 Å². The van der Waals surface area contributed by atoms with Crippen LogP contribution < -0.4 is 10.3 Å². The van der Waals surface area contributed by atoms with Crippen LogP contribution in [0.4, 0.5) is 0 Å². The molecule has 0 aliphatic carbocycles. The normalized spacial score (nSPS) is 12.3. The smallest absolute Gasteiger partial charge is 0.346 e. The molecule has 0 N–H and O–H groups in total. The summed E-state index contributed by atoms with van der Waals surface area (Å²) >= 11 is 9.64. The van der Waals surface area contributed by atoms with E-state index in [2.05, 4.69) is 30.8 Å². The van der Waals surface area contributed by atoms with Crippen LogP contribution in [0.15, 0.2) is 50.8 Å². The van der Waals surface area contributed by atoms with Crippen molar-refractivity contribution in [2.75, 3.05) is 7.11 Å². The number of ether oxygens (including phenoxy) is 2. The van der Waals surface area contributed by atoms with Gasteiger partial charge in [-0.05, 0) is 48.9 Å². The molecule has 30 heavy (non-hydrogen) atoms. The fraction of sp³-hybridized carbons (Fsp3) is 0.238. The zero-order valence-corrected chi connectivity index (χ0v) is 18.9. The molecule has 0 spiro atoms. The Bertz CT molecular complexity index is 1190. The van der Waals surface area contributed by atoms with E-state index in [0.29, 0.717) is 39.5 Å². The molecule has 0 amide bonds. The molecule has 3 aromatic rings. The number of carbonyl (C=O) groups is 1. The van der Waals surface area contributed by atoms with Gasteiger partial charge < -0.3 is 9.47 Å². The first-order chi connectivity index (χ1) is 14.3. The van der Waals surface area contributed by atoms with Gasteiger partial charge in [-0.15, -0.1) is 0 Å². The van der Waals surface area contributed by atoms with Gasteiger partial charge in [0.2, 0.25) is 0 Å². The van der Waals surface area contributed by atoms with Gasteiger partial charge in [0, 0.05) is 10.9 Å². The molecular formula is C21H19BrClN3O4. The molecule has 9 heteroatoms. The number of aryl methyl sites for hydroxylation is 1. The standard InChI is InChI=1S/C21H19BrClN3O4/c1-4-19-25-17-7-6-14(22)10-15(17)20(27)26(19)24-11-13-5-8-18(16(23)9-13)30-12(2)21(28)29-3/h5-12H,4H2,1-3H3/t12-/m1/s1. The maximum Gasteiger partial charge on any atom is 0.346 e. The molecule has 156 valence electrons. The summed E-state index contributed by atoms with van der Waals surface area (Å²) in [6.45, 7) is 3.48. The summed E-state index contributed by atoms with van der Waals surface area (Å²) in [5.74, 6) is 0.387. The number of hydrogen-bond acceptors (Lipinski definition) is 6. The highest BCUT2D eigenvalue weighted by molar-refractivity contribution is 9.10. The highest BCUT2D eigenvalue weighted by Gasteiger charge is 2.16. The van der Waals surface area contributed by atoms with Crippen molar-refractivity contribution >= 4 is 50.6 Å². The van der Waals surface area contributed by atoms with Crippen molar-refractivity contribution in [3.8, 4) is 5.75 Å². The Morgan fingerprint density at radius 3 is 2.77 bits per heavy atom. The maximum absolute atomic E-state index is 12.9. The molecule has 0 radical (unpaired) electrons. The van der Waals surface area contributed by atoms with Crippen LogP contribution in [0.5, 0.6) is 5.75 Å². The molecule has 1 atom stereocenters. The Labute approximate surface area is 186 Å². The monoisotopic (exact) mass is 491 g/mol. The summed E-state index contributed by atoms with van der Waals surface area (Å²) in [6.07, 6.45) is 1.27. The number of nitrogens with zero attached hydrogens (tertiary/aromatic N) is 3. The Hall–Kier alpha value is -2.71. The van der Waals surface area contributed by atoms with Crippen LogP contribution in [-0.4, -0.2) is 35.1 Å². The summed E-state index contributed by atoms with van der Waals surface area (Å²) in [5.41, 5.74) is 1.02. The van der Waals surface area contributed by atoms with Crippen LogP contribution >= 0.6 is 27.5 Å². The van der Waals surface area contributed by atoms with Gasteiger partial charge >= 0.3 is 5.97 Å². The fourth-order valence-corrected chi connectivity index (χ4v) is 3.36. The van der Waals surface area contributed by atoms with E-state index >= 15 is 0 Å². The van der Waals surface area contributed by atoms with E-state index in [9.17, 15) is 9.59 Å². The van der Waals surface area contributed by atoms with E-state index in [4.69, 9.17) is 16.3 Å². The first-order valence-corrected chi connectivity index (χ1v) is 10.3. The molecule has 3 rings (SSSR count). The minimum Gasteiger partial charge on any atom is -0.477 e. The van der Waals surface area contributed by atoms with Crippen LogP contribution in [0.3, 0.4) is 0 Å². The van der Waals surface area contributed by atoms with E-state index in [-0.39, 0.29) is 5.56 Å². The molecule has 0 unspecified atom stereocenters. The van der Waals surface area contributed by atoms with E-state index in [1.54, 1.807) is 37.3 Å². The number of methoxy groups -OCH3 is 1. The molecule has 0 bridgehead atoms. The Morgan fingerprint density at radius 2 is 2.10 bits per heavy atom. The predicted octanol–water partition coefficient (Wildman–Crippen LogP) is 4.20. The number of benzene rings is 2. The average Bonchev–Trinajstić information content (AvgIpc) is 2.74. The second-order valence-corrected chi connectivity index (χ2v) is 7.70. The number of rotatable bonds is 6. The Morgan fingerprint density at radius 1 is 1.33 bits per heavy atom. The van der Waals surface area contributed by atoms with Crippen LogP contribution in [0, 0.1) is 0 Å². The number of halogens is 2. The van der Waals surface area contributed by atoms with Crippen LogP contribution in [0.25, 0.3) is 10.9 Å². The summed E-state index contributed by atoms with van der Waals surface area (Å²) in [5, 5.41) is 5.10. The molecule has 2 aromatic carbocycles. The van der Waals surface area contributed by atoms with Gasteiger partial charge in [0.1, 0.15) is 11.6 Å². The summed E-state index contributed by atoms with van der Waals surface area (Å²) < 4.78 is 12.2. The van der Waals surface area contributed by atoms with Gasteiger partial charge in [0.05, 0.1) is 29.2 Å². The SMILES string of the molecule is CCc1nc2ccc(Br)cc2c(=O)n1N=Cc1ccc(O[C@H](C)C(=O)OC)c(Cl)c1. The minimum absolute atomic E-state index is 0.257. The van der Waals surface area contributed by atoms with E-state index < -0.39 is 12.1 Å². The number of aromatic nitrogens is 2. The number of fused-ring (bicyclic) bond motifs is 1. The number of esters is 1. The van der Waals surface area contributed by atoms with Crippen molar-refractivity contribution in [3.05, 3.63) is 67.6 Å². The lowest BCUT2D eigenvalue weighted by Gasteiger charge is -2.13.